The molecule has 0 saturated carbocycles. The Morgan fingerprint density at radius 1 is 0.870 bits per heavy atom. The zero-order chi connectivity index (χ0) is 16.4. The summed E-state index contributed by atoms with van der Waals surface area (Å²) in [6.45, 7) is 0. The second-order valence-corrected chi connectivity index (χ2v) is 6.44. The number of hydrogen-bond donors (Lipinski definition) is 0. The van der Waals surface area contributed by atoms with E-state index < -0.39 is 0 Å². The van der Waals surface area contributed by atoms with Crippen molar-refractivity contribution in [3.8, 4) is 33.9 Å². The van der Waals surface area contributed by atoms with Crippen LogP contribution in [-0.4, -0.2) is 19.4 Å². The van der Waals surface area contributed by atoms with Crippen molar-refractivity contribution < 1.29 is 14.0 Å². The van der Waals surface area contributed by atoms with Gasteiger partial charge in [-0.25, -0.2) is 0 Å². The van der Waals surface area contributed by atoms with E-state index in [1.807, 2.05) is 36.4 Å². The van der Waals surface area contributed by atoms with Gasteiger partial charge in [0.15, 0.2) is 17.3 Å². The molecule has 0 radical (unpaired) electrons. The van der Waals surface area contributed by atoms with Crippen molar-refractivity contribution in [1.82, 2.24) is 5.16 Å². The largest absolute Gasteiger partial charge is 0.493 e. The highest BCUT2D eigenvalue weighted by molar-refractivity contribution is 9.11. The standard InChI is InChI=1S/C17H13Br2NO3/c1-21-15-7-11(14(19)8-16(15)22-2)12-9-20-23-17(12)10-5-3-4-6-13(10)18/h3-9H,1-2H3. The van der Waals surface area contributed by atoms with E-state index in [4.69, 9.17) is 14.0 Å². The number of rotatable bonds is 4. The third-order valence-electron chi connectivity index (χ3n) is 3.45. The van der Waals surface area contributed by atoms with Gasteiger partial charge in [0, 0.05) is 20.1 Å². The van der Waals surface area contributed by atoms with Crippen LogP contribution in [0.3, 0.4) is 0 Å². The molecule has 0 N–H and O–H groups in total. The highest BCUT2D eigenvalue weighted by Gasteiger charge is 2.19. The molecule has 0 atom stereocenters. The Labute approximate surface area is 150 Å². The molecule has 0 fully saturated rings. The van der Waals surface area contributed by atoms with Crippen molar-refractivity contribution in [3.05, 3.63) is 51.5 Å². The van der Waals surface area contributed by atoms with Crippen LogP contribution in [0.1, 0.15) is 0 Å². The van der Waals surface area contributed by atoms with Crippen LogP contribution in [0.4, 0.5) is 0 Å². The van der Waals surface area contributed by atoms with E-state index in [1.54, 1.807) is 20.4 Å². The number of hydrogen-bond acceptors (Lipinski definition) is 4. The SMILES string of the molecule is COc1cc(Br)c(-c2cnoc2-c2ccccc2Br)cc1OC. The van der Waals surface area contributed by atoms with Crippen molar-refractivity contribution >= 4 is 31.9 Å². The lowest BCUT2D eigenvalue weighted by atomic mass is 10.0. The predicted molar refractivity (Wildman–Crippen MR) is 95.9 cm³/mol. The van der Waals surface area contributed by atoms with E-state index in [1.165, 1.54) is 0 Å². The summed E-state index contributed by atoms with van der Waals surface area (Å²) >= 11 is 7.13. The molecule has 4 nitrogen and oxygen atoms in total. The van der Waals surface area contributed by atoms with Gasteiger partial charge in [0.05, 0.1) is 26.0 Å². The molecule has 2 aromatic carbocycles. The molecule has 0 bridgehead atoms. The van der Waals surface area contributed by atoms with E-state index >= 15 is 0 Å². The van der Waals surface area contributed by atoms with Crippen molar-refractivity contribution in [2.45, 2.75) is 0 Å². The van der Waals surface area contributed by atoms with Gasteiger partial charge >= 0.3 is 0 Å². The van der Waals surface area contributed by atoms with E-state index in [2.05, 4.69) is 37.0 Å². The number of benzene rings is 2. The Balaban J connectivity index is 2.18. The van der Waals surface area contributed by atoms with Crippen molar-refractivity contribution in [1.29, 1.82) is 0 Å². The molecule has 0 unspecified atom stereocenters. The van der Waals surface area contributed by atoms with Crippen LogP contribution in [-0.2, 0) is 0 Å². The molecule has 118 valence electrons. The average Bonchev–Trinajstić information content (AvgIpc) is 3.04. The lowest BCUT2D eigenvalue weighted by Crippen LogP contribution is -1.92. The predicted octanol–water partition coefficient (Wildman–Crippen LogP) is 5.55. The van der Waals surface area contributed by atoms with Crippen LogP contribution in [0.2, 0.25) is 0 Å². The minimum atomic E-state index is 0.643. The first-order valence-corrected chi connectivity index (χ1v) is 8.35. The fraction of sp³-hybridized carbons (Fsp3) is 0.118. The Morgan fingerprint density at radius 2 is 1.57 bits per heavy atom. The topological polar surface area (TPSA) is 44.5 Å². The molecule has 3 aromatic rings. The first-order valence-electron chi connectivity index (χ1n) is 6.77. The van der Waals surface area contributed by atoms with Crippen LogP contribution in [0.15, 0.2) is 56.1 Å². The molecule has 6 heteroatoms. The first-order chi connectivity index (χ1) is 11.2. The lowest BCUT2D eigenvalue weighted by molar-refractivity contribution is 0.355. The van der Waals surface area contributed by atoms with Crippen molar-refractivity contribution in [2.75, 3.05) is 14.2 Å². The molecule has 0 aliphatic rings. The maximum absolute atomic E-state index is 5.50. The van der Waals surface area contributed by atoms with E-state index in [9.17, 15) is 0 Å². The first kappa shape index (κ1) is 16.1. The molecule has 1 aromatic heterocycles. The highest BCUT2D eigenvalue weighted by atomic mass is 79.9. The Hall–Kier alpha value is -1.79. The summed E-state index contributed by atoms with van der Waals surface area (Å²) in [6, 6.07) is 11.6. The maximum atomic E-state index is 5.50. The molecule has 0 amide bonds. The van der Waals surface area contributed by atoms with E-state index in [0.29, 0.717) is 17.3 Å². The molecule has 0 aliphatic heterocycles. The van der Waals surface area contributed by atoms with Crippen LogP contribution < -0.4 is 9.47 Å². The van der Waals surface area contributed by atoms with Gasteiger partial charge in [-0.1, -0.05) is 49.1 Å². The highest BCUT2D eigenvalue weighted by Crippen LogP contribution is 2.43. The minimum absolute atomic E-state index is 0.643. The third kappa shape index (κ3) is 3.01. The van der Waals surface area contributed by atoms with Gasteiger partial charge in [-0.2, -0.15) is 0 Å². The zero-order valence-corrected chi connectivity index (χ0v) is 15.6. The molecule has 23 heavy (non-hydrogen) atoms. The van der Waals surface area contributed by atoms with Crippen LogP contribution in [0, 0.1) is 0 Å². The van der Waals surface area contributed by atoms with Crippen molar-refractivity contribution in [2.24, 2.45) is 0 Å². The fourth-order valence-electron chi connectivity index (χ4n) is 2.33. The van der Waals surface area contributed by atoms with Gasteiger partial charge in [0.25, 0.3) is 0 Å². The summed E-state index contributed by atoms with van der Waals surface area (Å²) in [6.07, 6.45) is 1.70. The van der Waals surface area contributed by atoms with Gasteiger partial charge in [0.2, 0.25) is 0 Å². The van der Waals surface area contributed by atoms with Gasteiger partial charge in [-0.3, -0.25) is 0 Å². The normalized spacial score (nSPS) is 10.6. The van der Waals surface area contributed by atoms with Gasteiger partial charge in [-0.05, 0) is 24.3 Å². The molecule has 0 saturated heterocycles. The van der Waals surface area contributed by atoms with Crippen LogP contribution in [0.25, 0.3) is 22.5 Å². The van der Waals surface area contributed by atoms with Crippen LogP contribution >= 0.6 is 31.9 Å². The number of halogens is 2. The zero-order valence-electron chi connectivity index (χ0n) is 12.5. The average molecular weight is 439 g/mol. The van der Waals surface area contributed by atoms with Crippen molar-refractivity contribution in [3.63, 3.8) is 0 Å². The summed E-state index contributed by atoms with van der Waals surface area (Å²) < 4.78 is 18.0. The maximum Gasteiger partial charge on any atom is 0.175 e. The third-order valence-corrected chi connectivity index (χ3v) is 4.80. The molecule has 3 rings (SSSR count). The Kier molecular flexibility index (Phi) is 4.73. The molecule has 0 spiro atoms. The molecular formula is C17H13Br2NO3. The van der Waals surface area contributed by atoms with E-state index in [-0.39, 0.29) is 0 Å². The lowest BCUT2D eigenvalue weighted by Gasteiger charge is -2.12. The minimum Gasteiger partial charge on any atom is -0.493 e. The quantitative estimate of drug-likeness (QED) is 0.535. The molecule has 1 heterocycles. The fourth-order valence-corrected chi connectivity index (χ4v) is 3.33. The summed E-state index contributed by atoms with van der Waals surface area (Å²) in [5, 5.41) is 3.97. The number of nitrogens with zero attached hydrogens (tertiary/aromatic N) is 1. The Bertz CT molecular complexity index is 846. The second kappa shape index (κ2) is 6.76. The second-order valence-electron chi connectivity index (χ2n) is 4.74. The smallest absolute Gasteiger partial charge is 0.175 e. The summed E-state index contributed by atoms with van der Waals surface area (Å²) in [5.74, 6) is 1.98. The number of aromatic nitrogens is 1. The molecular weight excluding hydrogens is 426 g/mol. The van der Waals surface area contributed by atoms with E-state index in [0.717, 1.165) is 25.6 Å². The molecule has 0 aliphatic carbocycles. The number of ether oxygens (including phenoxy) is 2. The number of methoxy groups -OCH3 is 2. The summed E-state index contributed by atoms with van der Waals surface area (Å²) in [4.78, 5) is 0. The Morgan fingerprint density at radius 3 is 2.26 bits per heavy atom. The van der Waals surface area contributed by atoms with Crippen LogP contribution in [0.5, 0.6) is 11.5 Å². The summed E-state index contributed by atoms with van der Waals surface area (Å²) in [5.41, 5.74) is 2.71. The monoisotopic (exact) mass is 437 g/mol. The van der Waals surface area contributed by atoms with Gasteiger partial charge < -0.3 is 14.0 Å². The summed E-state index contributed by atoms with van der Waals surface area (Å²) in [7, 11) is 3.22. The van der Waals surface area contributed by atoms with Gasteiger partial charge in [0.1, 0.15) is 0 Å². The van der Waals surface area contributed by atoms with Gasteiger partial charge in [-0.15, -0.1) is 0 Å².